The molecule has 0 bridgehead atoms. The van der Waals surface area contributed by atoms with Crippen LogP contribution in [0, 0.1) is 0 Å². The number of likely N-dealkylation sites (tertiary alicyclic amines) is 1. The van der Waals surface area contributed by atoms with Gasteiger partial charge in [0.25, 0.3) is 0 Å². The van der Waals surface area contributed by atoms with Gasteiger partial charge in [0, 0.05) is 12.5 Å². The van der Waals surface area contributed by atoms with E-state index < -0.39 is 0 Å². The van der Waals surface area contributed by atoms with E-state index in [0.29, 0.717) is 0 Å². The fourth-order valence-electron chi connectivity index (χ4n) is 2.22. The van der Waals surface area contributed by atoms with Crippen LogP contribution in [-0.4, -0.2) is 40.4 Å². The first kappa shape index (κ1) is 12.9. The number of thiocarbonyl (C=S) groups is 1. The van der Waals surface area contributed by atoms with Gasteiger partial charge in [-0.3, -0.25) is 0 Å². The maximum absolute atomic E-state index is 9.64. The molecule has 0 aromatic carbocycles. The summed E-state index contributed by atoms with van der Waals surface area (Å²) in [5, 5.41) is 9.64. The van der Waals surface area contributed by atoms with Gasteiger partial charge in [0.05, 0.1) is 11.0 Å². The van der Waals surface area contributed by atoms with Gasteiger partial charge in [0.15, 0.2) is 0 Å². The maximum atomic E-state index is 9.64. The molecule has 1 saturated heterocycles. The summed E-state index contributed by atoms with van der Waals surface area (Å²) in [7, 11) is 0. The highest BCUT2D eigenvalue weighted by Gasteiger charge is 2.33. The lowest BCUT2D eigenvalue weighted by molar-refractivity contribution is 0.420. The van der Waals surface area contributed by atoms with Crippen molar-refractivity contribution in [3.8, 4) is 0 Å². The molecule has 0 radical (unpaired) electrons. The Morgan fingerprint density at radius 1 is 1.73 bits per heavy atom. The zero-order valence-corrected chi connectivity index (χ0v) is 10.5. The summed E-state index contributed by atoms with van der Waals surface area (Å²) in [6, 6.07) is -0.0238. The number of hydrogen-bond donors (Lipinski definition) is 2. The van der Waals surface area contributed by atoms with E-state index in [1.807, 2.05) is 6.82 Å². The quantitative estimate of drug-likeness (QED) is 0.558. The molecule has 15 heavy (non-hydrogen) atoms. The highest BCUT2D eigenvalue weighted by atomic mass is 32.1. The third kappa shape index (κ3) is 3.16. The van der Waals surface area contributed by atoms with Crippen LogP contribution >= 0.6 is 12.2 Å². The van der Waals surface area contributed by atoms with Gasteiger partial charge >= 0.3 is 6.92 Å². The fourth-order valence-corrected chi connectivity index (χ4v) is 2.56. The maximum Gasteiger partial charge on any atom is 0.309 e. The van der Waals surface area contributed by atoms with Gasteiger partial charge in [-0.25, -0.2) is 0 Å². The monoisotopic (exact) mass is 228 g/mol. The topological polar surface area (TPSA) is 49.5 Å². The van der Waals surface area contributed by atoms with Crippen LogP contribution in [0.4, 0.5) is 0 Å². The van der Waals surface area contributed by atoms with Crippen molar-refractivity contribution in [2.24, 2.45) is 5.73 Å². The summed E-state index contributed by atoms with van der Waals surface area (Å²) in [6.07, 6.45) is 4.11. The summed E-state index contributed by atoms with van der Waals surface area (Å²) in [6.45, 7) is 4.57. The van der Waals surface area contributed by atoms with Gasteiger partial charge < -0.3 is 15.7 Å². The minimum atomic E-state index is -0.320. The standard InChI is InChI=1S/C10H21BN2OS/c1-3-5-8(12)10(15)13-7-4-6-9(13)11(2)14/h8-9,14H,3-7,12H2,1-2H3/t8-,9-/m0/s1. The van der Waals surface area contributed by atoms with Crippen LogP contribution in [0.1, 0.15) is 32.6 Å². The van der Waals surface area contributed by atoms with Crippen molar-refractivity contribution in [1.82, 2.24) is 4.90 Å². The number of hydrogen-bond acceptors (Lipinski definition) is 3. The predicted octanol–water partition coefficient (Wildman–Crippen LogP) is 1.06. The van der Waals surface area contributed by atoms with Gasteiger partial charge in [0.1, 0.15) is 0 Å². The Kier molecular flexibility index (Phi) is 5.02. The molecule has 1 aliphatic rings. The summed E-state index contributed by atoms with van der Waals surface area (Å²) < 4.78 is 0. The third-order valence-corrected chi connectivity index (χ3v) is 3.59. The lowest BCUT2D eigenvalue weighted by Gasteiger charge is -2.30. The second-order valence-corrected chi connectivity index (χ2v) is 4.80. The molecule has 1 aliphatic heterocycles. The second-order valence-electron chi connectivity index (χ2n) is 4.38. The number of rotatable bonds is 4. The molecule has 86 valence electrons. The van der Waals surface area contributed by atoms with Crippen LogP contribution in [0.2, 0.25) is 6.82 Å². The van der Waals surface area contributed by atoms with Gasteiger partial charge in [-0.15, -0.1) is 0 Å². The first-order valence-electron chi connectivity index (χ1n) is 5.82. The average molecular weight is 228 g/mol. The van der Waals surface area contributed by atoms with E-state index in [-0.39, 0.29) is 18.9 Å². The molecule has 3 N–H and O–H groups in total. The smallest absolute Gasteiger partial charge is 0.309 e. The van der Waals surface area contributed by atoms with Gasteiger partial charge in [-0.2, -0.15) is 0 Å². The van der Waals surface area contributed by atoms with E-state index in [0.717, 1.165) is 37.2 Å². The van der Waals surface area contributed by atoms with Crippen LogP contribution < -0.4 is 5.73 Å². The van der Waals surface area contributed by atoms with Crippen LogP contribution in [0.15, 0.2) is 0 Å². The molecule has 0 aromatic rings. The summed E-state index contributed by atoms with van der Waals surface area (Å²) in [4.78, 5) is 2.96. The van der Waals surface area contributed by atoms with Crippen molar-refractivity contribution in [3.63, 3.8) is 0 Å². The molecule has 0 unspecified atom stereocenters. The highest BCUT2D eigenvalue weighted by Crippen LogP contribution is 2.20. The van der Waals surface area contributed by atoms with E-state index in [9.17, 15) is 5.02 Å². The Labute approximate surface area is 98.1 Å². The Morgan fingerprint density at radius 3 is 2.93 bits per heavy atom. The Balaban J connectivity index is 2.58. The van der Waals surface area contributed by atoms with Crippen molar-refractivity contribution >= 4 is 24.1 Å². The summed E-state index contributed by atoms with van der Waals surface area (Å²) in [5.41, 5.74) is 6.01. The summed E-state index contributed by atoms with van der Waals surface area (Å²) in [5.74, 6) is 0.181. The zero-order valence-electron chi connectivity index (χ0n) is 9.65. The van der Waals surface area contributed by atoms with Crippen molar-refractivity contribution in [1.29, 1.82) is 0 Å². The lowest BCUT2D eigenvalue weighted by atomic mass is 9.62. The van der Waals surface area contributed by atoms with Crippen LogP contribution in [0.25, 0.3) is 0 Å². The molecule has 1 heterocycles. The lowest BCUT2D eigenvalue weighted by Crippen LogP contribution is -2.49. The first-order chi connectivity index (χ1) is 7.07. The number of nitrogens with zero attached hydrogens (tertiary/aromatic N) is 1. The molecule has 1 fully saturated rings. The van der Waals surface area contributed by atoms with E-state index in [2.05, 4.69) is 11.8 Å². The largest absolute Gasteiger partial charge is 0.449 e. The van der Waals surface area contributed by atoms with Crippen molar-refractivity contribution in [3.05, 3.63) is 0 Å². The SMILES string of the molecule is CCC[C@H](N)C(=S)N1CCC[C@H]1B(C)O. The minimum absolute atomic E-state index is 0.0238. The Morgan fingerprint density at radius 2 is 2.40 bits per heavy atom. The molecule has 0 saturated carbocycles. The molecular weight excluding hydrogens is 207 g/mol. The van der Waals surface area contributed by atoms with Crippen LogP contribution in [0.3, 0.4) is 0 Å². The molecule has 1 rings (SSSR count). The zero-order chi connectivity index (χ0) is 11.4. The molecule has 2 atom stereocenters. The minimum Gasteiger partial charge on any atom is -0.449 e. The van der Waals surface area contributed by atoms with Crippen molar-refractivity contribution < 1.29 is 5.02 Å². The van der Waals surface area contributed by atoms with Gasteiger partial charge in [-0.1, -0.05) is 32.4 Å². The van der Waals surface area contributed by atoms with E-state index >= 15 is 0 Å². The third-order valence-electron chi connectivity index (χ3n) is 3.06. The molecular formula is C10H21BN2OS. The van der Waals surface area contributed by atoms with Crippen molar-refractivity contribution in [2.75, 3.05) is 6.54 Å². The fraction of sp³-hybridized carbons (Fsp3) is 0.900. The molecule has 3 nitrogen and oxygen atoms in total. The van der Waals surface area contributed by atoms with E-state index in [4.69, 9.17) is 18.0 Å². The Bertz CT molecular complexity index is 225. The second kappa shape index (κ2) is 5.82. The normalized spacial score (nSPS) is 22.9. The average Bonchev–Trinajstić information content (AvgIpc) is 2.65. The summed E-state index contributed by atoms with van der Waals surface area (Å²) >= 11 is 5.39. The molecule has 0 spiro atoms. The van der Waals surface area contributed by atoms with Crippen LogP contribution in [0.5, 0.6) is 0 Å². The highest BCUT2D eigenvalue weighted by molar-refractivity contribution is 7.80. The van der Waals surface area contributed by atoms with E-state index in [1.54, 1.807) is 0 Å². The number of nitrogens with two attached hydrogens (primary N) is 1. The first-order valence-corrected chi connectivity index (χ1v) is 6.22. The molecule has 0 aliphatic carbocycles. The van der Waals surface area contributed by atoms with Crippen molar-refractivity contribution in [2.45, 2.75) is 51.4 Å². The van der Waals surface area contributed by atoms with Crippen LogP contribution in [-0.2, 0) is 0 Å². The Hall–Kier alpha value is -0.125. The predicted molar refractivity (Wildman–Crippen MR) is 69.0 cm³/mol. The van der Waals surface area contributed by atoms with Gasteiger partial charge in [-0.05, 0) is 19.3 Å². The van der Waals surface area contributed by atoms with E-state index in [1.165, 1.54) is 0 Å². The molecule has 0 amide bonds. The van der Waals surface area contributed by atoms with Gasteiger partial charge in [0.2, 0.25) is 0 Å². The molecule has 0 aromatic heterocycles. The molecule has 5 heteroatoms.